The Morgan fingerprint density at radius 1 is 1.15 bits per heavy atom. The Labute approximate surface area is 233 Å². The summed E-state index contributed by atoms with van der Waals surface area (Å²) >= 11 is 0. The number of amides is 1. The Balaban J connectivity index is 1.43. The summed E-state index contributed by atoms with van der Waals surface area (Å²) in [6.07, 6.45) is 0.949. The van der Waals surface area contributed by atoms with Gasteiger partial charge in [-0.1, -0.05) is 11.2 Å². The summed E-state index contributed by atoms with van der Waals surface area (Å²) in [6.45, 7) is 6.07. The molecule has 2 heterocycles. The van der Waals surface area contributed by atoms with Gasteiger partial charge in [0.15, 0.2) is 5.96 Å². The average molecular weight is 562 g/mol. The maximum absolute atomic E-state index is 13.2. The molecule has 0 saturated carbocycles. The standard InChI is InChI=1S/C26H39N7O7/c27-32-31-7-10-37-12-14-39-15-13-38-11-8-33-19-22-17-23(40-9-1-4-28-26-29-5-6-30-26)3-2-20(22)16-21(25(33)36)18-24(34)35/h2-3,17,21H,1,4-16,18-19H2,(H,34,35)(H2,28,29,30)/t21-/m0/s1. The first-order valence-corrected chi connectivity index (χ1v) is 13.6. The predicted molar refractivity (Wildman–Crippen MR) is 146 cm³/mol. The minimum atomic E-state index is -0.996. The van der Waals surface area contributed by atoms with Crippen LogP contribution in [-0.2, 0) is 36.8 Å². The molecule has 0 fully saturated rings. The third-order valence-corrected chi connectivity index (χ3v) is 6.29. The van der Waals surface area contributed by atoms with Crippen LogP contribution in [0.4, 0.5) is 0 Å². The third kappa shape index (κ3) is 11.3. The van der Waals surface area contributed by atoms with Gasteiger partial charge < -0.3 is 39.6 Å². The van der Waals surface area contributed by atoms with Crippen molar-refractivity contribution in [3.05, 3.63) is 39.8 Å². The zero-order valence-electron chi connectivity index (χ0n) is 22.8. The molecule has 1 amide bonds. The number of aliphatic carboxylic acids is 1. The molecule has 1 atom stereocenters. The molecule has 3 rings (SSSR count). The summed E-state index contributed by atoms with van der Waals surface area (Å²) in [5, 5.41) is 19.2. The lowest BCUT2D eigenvalue weighted by Crippen LogP contribution is -2.37. The van der Waals surface area contributed by atoms with Crippen LogP contribution in [0.5, 0.6) is 5.75 Å². The van der Waals surface area contributed by atoms with Crippen molar-refractivity contribution in [3.63, 3.8) is 0 Å². The fourth-order valence-electron chi connectivity index (χ4n) is 4.34. The second-order valence-electron chi connectivity index (χ2n) is 9.27. The number of hydrogen-bond acceptors (Lipinski definition) is 10. The number of rotatable bonds is 19. The van der Waals surface area contributed by atoms with Gasteiger partial charge in [-0.15, -0.1) is 0 Å². The highest BCUT2D eigenvalue weighted by Gasteiger charge is 2.31. The van der Waals surface area contributed by atoms with E-state index in [9.17, 15) is 14.7 Å². The molecule has 0 saturated heterocycles. The molecule has 0 spiro atoms. The molecular formula is C26H39N7O7. The first-order valence-electron chi connectivity index (χ1n) is 13.6. The molecule has 2 aliphatic rings. The van der Waals surface area contributed by atoms with Crippen molar-refractivity contribution in [3.8, 4) is 5.75 Å². The van der Waals surface area contributed by atoms with Crippen molar-refractivity contribution in [1.29, 1.82) is 0 Å². The van der Waals surface area contributed by atoms with Crippen LogP contribution in [0.25, 0.3) is 10.4 Å². The SMILES string of the molecule is [N-]=[N+]=NCCOCCOCCOCCN1Cc2cc(OCCCNC3=NCCN3)ccc2C[C@@H](CC(=O)O)C1=O. The number of aliphatic imine (C=N–C) groups is 1. The number of fused-ring (bicyclic) bond motifs is 1. The summed E-state index contributed by atoms with van der Waals surface area (Å²) in [7, 11) is 0. The monoisotopic (exact) mass is 561 g/mol. The molecule has 0 unspecified atom stereocenters. The molecule has 14 heteroatoms. The first-order chi connectivity index (χ1) is 19.6. The quantitative estimate of drug-likeness (QED) is 0.0972. The second kappa shape index (κ2) is 17.9. The van der Waals surface area contributed by atoms with Gasteiger partial charge in [0.05, 0.1) is 65.1 Å². The Morgan fingerprint density at radius 3 is 2.65 bits per heavy atom. The van der Waals surface area contributed by atoms with E-state index in [0.717, 1.165) is 43.1 Å². The van der Waals surface area contributed by atoms with Crippen molar-refractivity contribution in [2.75, 3.05) is 79.0 Å². The van der Waals surface area contributed by atoms with Crippen LogP contribution in [-0.4, -0.2) is 107 Å². The number of carbonyl (C=O) groups excluding carboxylic acids is 1. The van der Waals surface area contributed by atoms with Crippen LogP contribution in [0, 0.1) is 5.92 Å². The van der Waals surface area contributed by atoms with E-state index < -0.39 is 11.9 Å². The lowest BCUT2D eigenvalue weighted by molar-refractivity contribution is -0.145. The van der Waals surface area contributed by atoms with Crippen molar-refractivity contribution in [2.45, 2.75) is 25.8 Å². The number of azide groups is 1. The lowest BCUT2D eigenvalue weighted by Gasteiger charge is -2.24. The molecule has 14 nitrogen and oxygen atoms in total. The van der Waals surface area contributed by atoms with E-state index in [1.165, 1.54) is 0 Å². The largest absolute Gasteiger partial charge is 0.494 e. The molecule has 0 aliphatic carbocycles. The number of nitrogens with one attached hydrogen (secondary N) is 2. The number of hydrogen-bond donors (Lipinski definition) is 3. The number of ether oxygens (including phenoxy) is 4. The molecule has 0 radical (unpaired) electrons. The van der Waals surface area contributed by atoms with E-state index in [1.54, 1.807) is 4.90 Å². The van der Waals surface area contributed by atoms with Gasteiger partial charge in [-0.25, -0.2) is 0 Å². The molecule has 220 valence electrons. The van der Waals surface area contributed by atoms with Crippen LogP contribution in [0.1, 0.15) is 24.0 Å². The number of carbonyl (C=O) groups is 2. The normalized spacial score (nSPS) is 16.4. The van der Waals surface area contributed by atoms with E-state index in [0.29, 0.717) is 71.5 Å². The highest BCUT2D eigenvalue weighted by atomic mass is 16.5. The highest BCUT2D eigenvalue weighted by Crippen LogP contribution is 2.28. The van der Waals surface area contributed by atoms with Crippen molar-refractivity contribution >= 4 is 17.8 Å². The van der Waals surface area contributed by atoms with E-state index in [4.69, 9.17) is 24.5 Å². The molecule has 3 N–H and O–H groups in total. The van der Waals surface area contributed by atoms with Gasteiger partial charge >= 0.3 is 5.97 Å². The molecular weight excluding hydrogens is 522 g/mol. The first kappa shape index (κ1) is 31.0. The van der Waals surface area contributed by atoms with Crippen molar-refractivity contribution < 1.29 is 33.6 Å². The number of carboxylic acid groups (broad SMARTS) is 1. The summed E-state index contributed by atoms with van der Waals surface area (Å²) in [6, 6.07) is 5.75. The van der Waals surface area contributed by atoms with Crippen LogP contribution in [0.3, 0.4) is 0 Å². The van der Waals surface area contributed by atoms with Gasteiger partial charge in [-0.05, 0) is 41.6 Å². The number of benzene rings is 1. The molecule has 1 aromatic carbocycles. The summed E-state index contributed by atoms with van der Waals surface area (Å²) < 4.78 is 22.3. The number of carboxylic acids is 1. The predicted octanol–water partition coefficient (Wildman–Crippen LogP) is 1.34. The minimum Gasteiger partial charge on any atom is -0.494 e. The van der Waals surface area contributed by atoms with E-state index >= 15 is 0 Å². The summed E-state index contributed by atoms with van der Waals surface area (Å²) in [5.41, 5.74) is 10.1. The van der Waals surface area contributed by atoms with Crippen molar-refractivity contribution in [2.24, 2.45) is 16.0 Å². The Kier molecular flexibility index (Phi) is 13.9. The summed E-state index contributed by atoms with van der Waals surface area (Å²) in [4.78, 5) is 33.3. The fourth-order valence-corrected chi connectivity index (χ4v) is 4.34. The molecule has 0 bridgehead atoms. The number of nitrogens with zero attached hydrogens (tertiary/aromatic N) is 5. The van der Waals surface area contributed by atoms with Gasteiger partial charge in [0.25, 0.3) is 0 Å². The number of guanidine groups is 1. The van der Waals surface area contributed by atoms with Crippen LogP contribution < -0.4 is 15.4 Å². The average Bonchev–Trinajstić information content (AvgIpc) is 3.42. The van der Waals surface area contributed by atoms with Gasteiger partial charge in [-0.3, -0.25) is 14.6 Å². The Morgan fingerprint density at radius 2 is 1.93 bits per heavy atom. The smallest absolute Gasteiger partial charge is 0.304 e. The van der Waals surface area contributed by atoms with Gasteiger partial charge in [0.1, 0.15) is 5.75 Å². The Hall–Kier alpha value is -3.58. The Bertz CT molecular complexity index is 1030. The van der Waals surface area contributed by atoms with Crippen LogP contribution >= 0.6 is 0 Å². The van der Waals surface area contributed by atoms with E-state index in [2.05, 4.69) is 25.7 Å². The minimum absolute atomic E-state index is 0.187. The fraction of sp³-hybridized carbons (Fsp3) is 0.654. The van der Waals surface area contributed by atoms with E-state index in [1.807, 2.05) is 18.2 Å². The van der Waals surface area contributed by atoms with Gasteiger partial charge in [0, 0.05) is 37.6 Å². The molecule has 0 aromatic heterocycles. The van der Waals surface area contributed by atoms with Crippen LogP contribution in [0.2, 0.25) is 0 Å². The lowest BCUT2D eigenvalue weighted by atomic mass is 9.94. The van der Waals surface area contributed by atoms with E-state index in [-0.39, 0.29) is 18.9 Å². The molecule has 1 aromatic rings. The third-order valence-electron chi connectivity index (χ3n) is 6.29. The zero-order valence-corrected chi connectivity index (χ0v) is 22.8. The molecule has 40 heavy (non-hydrogen) atoms. The van der Waals surface area contributed by atoms with Crippen LogP contribution in [0.15, 0.2) is 28.3 Å². The van der Waals surface area contributed by atoms with Crippen molar-refractivity contribution in [1.82, 2.24) is 15.5 Å². The highest BCUT2D eigenvalue weighted by molar-refractivity contribution is 5.84. The molecule has 2 aliphatic heterocycles. The summed E-state index contributed by atoms with van der Waals surface area (Å²) in [5.74, 6) is -0.273. The van der Waals surface area contributed by atoms with Gasteiger partial charge in [-0.2, -0.15) is 0 Å². The second-order valence-corrected chi connectivity index (χ2v) is 9.27. The van der Waals surface area contributed by atoms with Gasteiger partial charge in [0.2, 0.25) is 5.91 Å². The zero-order chi connectivity index (χ0) is 28.4. The maximum atomic E-state index is 13.2. The topological polar surface area (TPSA) is 180 Å². The maximum Gasteiger partial charge on any atom is 0.304 e.